The third-order valence-corrected chi connectivity index (χ3v) is 4.86. The predicted octanol–water partition coefficient (Wildman–Crippen LogP) is 6.32. The van der Waals surface area contributed by atoms with E-state index in [1.165, 1.54) is 0 Å². The molecule has 2 aromatic carbocycles. The molecule has 23 heavy (non-hydrogen) atoms. The largest absolute Gasteiger partial charge is 0.328 e. The van der Waals surface area contributed by atoms with Crippen LogP contribution in [0.15, 0.2) is 53.5 Å². The number of halogens is 4. The van der Waals surface area contributed by atoms with E-state index in [1.807, 2.05) is 6.07 Å². The Kier molecular flexibility index (Phi) is 4.69. The zero-order valence-electron chi connectivity index (χ0n) is 11.5. The molecule has 0 radical (unpaired) electrons. The first-order chi connectivity index (χ1) is 11.0. The molecule has 0 spiro atoms. The van der Waals surface area contributed by atoms with Crippen molar-refractivity contribution in [1.82, 2.24) is 4.98 Å². The van der Waals surface area contributed by atoms with Gasteiger partial charge in [-0.1, -0.05) is 58.5 Å². The second kappa shape index (κ2) is 6.58. The van der Waals surface area contributed by atoms with Gasteiger partial charge in [-0.25, -0.2) is 0 Å². The minimum absolute atomic E-state index is 0.216. The van der Waals surface area contributed by atoms with Crippen LogP contribution in [0.3, 0.4) is 0 Å². The molecule has 0 aliphatic carbocycles. The summed E-state index contributed by atoms with van der Waals surface area (Å²) in [5.41, 5.74) is 2.61. The number of nitrogens with one attached hydrogen (secondary N) is 1. The highest BCUT2D eigenvalue weighted by Gasteiger charge is 2.09. The topological polar surface area (TPSA) is 32.9 Å². The Hall–Kier alpha value is -1.45. The summed E-state index contributed by atoms with van der Waals surface area (Å²) in [7, 11) is 0. The fraction of sp³-hybridized carbons (Fsp3) is 0. The smallest absolute Gasteiger partial charge is 0.255 e. The lowest BCUT2D eigenvalue weighted by Gasteiger charge is -2.07. The molecule has 1 aromatic heterocycles. The Morgan fingerprint density at radius 3 is 1.83 bits per heavy atom. The molecule has 1 heterocycles. The Morgan fingerprint density at radius 1 is 0.652 bits per heavy atom. The fourth-order valence-electron chi connectivity index (χ4n) is 2.20. The van der Waals surface area contributed by atoms with Gasteiger partial charge in [-0.05, 0) is 47.0 Å². The van der Waals surface area contributed by atoms with Gasteiger partial charge < -0.3 is 4.98 Å². The van der Waals surface area contributed by atoms with Crippen molar-refractivity contribution in [3.63, 3.8) is 0 Å². The van der Waals surface area contributed by atoms with Gasteiger partial charge in [0.25, 0.3) is 5.56 Å². The second-order valence-electron chi connectivity index (χ2n) is 4.89. The molecule has 3 rings (SSSR count). The van der Waals surface area contributed by atoms with Crippen LogP contribution in [0.1, 0.15) is 0 Å². The Balaban J connectivity index is 2.13. The first-order valence-corrected chi connectivity index (χ1v) is 8.10. The maximum atomic E-state index is 12.1. The van der Waals surface area contributed by atoms with Crippen LogP contribution in [0, 0.1) is 0 Å². The van der Waals surface area contributed by atoms with Crippen molar-refractivity contribution in [3.05, 3.63) is 79.1 Å². The summed E-state index contributed by atoms with van der Waals surface area (Å²) in [5.74, 6) is 0. The van der Waals surface area contributed by atoms with E-state index in [0.29, 0.717) is 31.2 Å². The van der Waals surface area contributed by atoms with E-state index in [0.717, 1.165) is 11.1 Å². The van der Waals surface area contributed by atoms with Gasteiger partial charge >= 0.3 is 0 Å². The number of H-pyrrole nitrogens is 1. The van der Waals surface area contributed by atoms with E-state index in [4.69, 9.17) is 46.4 Å². The fourth-order valence-corrected chi connectivity index (χ4v) is 2.80. The van der Waals surface area contributed by atoms with Crippen LogP contribution >= 0.6 is 46.4 Å². The van der Waals surface area contributed by atoms with Crippen LogP contribution in [0.4, 0.5) is 0 Å². The summed E-state index contributed by atoms with van der Waals surface area (Å²) in [6, 6.07) is 12.1. The highest BCUT2D eigenvalue weighted by Crippen LogP contribution is 2.31. The average Bonchev–Trinajstić information content (AvgIpc) is 2.53. The van der Waals surface area contributed by atoms with Gasteiger partial charge in [0.1, 0.15) is 0 Å². The molecule has 0 bridgehead atoms. The van der Waals surface area contributed by atoms with Crippen LogP contribution in [0.5, 0.6) is 0 Å². The average molecular weight is 385 g/mol. The minimum atomic E-state index is -0.216. The highest BCUT2D eigenvalue weighted by atomic mass is 35.5. The first kappa shape index (κ1) is 16.4. The summed E-state index contributed by atoms with van der Waals surface area (Å²) in [4.78, 5) is 14.9. The first-order valence-electron chi connectivity index (χ1n) is 6.59. The summed E-state index contributed by atoms with van der Waals surface area (Å²) >= 11 is 23.9. The lowest BCUT2D eigenvalue weighted by Crippen LogP contribution is -2.08. The molecule has 0 atom stereocenters. The molecule has 0 aliphatic rings. The van der Waals surface area contributed by atoms with Gasteiger partial charge in [-0.15, -0.1) is 0 Å². The lowest BCUT2D eigenvalue weighted by atomic mass is 10.0. The number of aromatic nitrogens is 1. The normalized spacial score (nSPS) is 10.8. The molecule has 116 valence electrons. The molecule has 1 N–H and O–H groups in total. The SMILES string of the molecule is O=c1[nH]cc(-c2ccc(Cl)c(Cl)c2)cc1-c1ccc(Cl)c(Cl)c1. The molecule has 0 fully saturated rings. The molecular weight excluding hydrogens is 376 g/mol. The number of pyridine rings is 1. The van der Waals surface area contributed by atoms with E-state index in [2.05, 4.69) is 4.98 Å². The zero-order chi connectivity index (χ0) is 16.6. The van der Waals surface area contributed by atoms with Crippen molar-refractivity contribution in [2.75, 3.05) is 0 Å². The molecular formula is C17H9Cl4NO. The molecule has 0 unspecified atom stereocenters. The van der Waals surface area contributed by atoms with Gasteiger partial charge in [0.2, 0.25) is 0 Å². The van der Waals surface area contributed by atoms with Crippen molar-refractivity contribution >= 4 is 46.4 Å². The van der Waals surface area contributed by atoms with Crippen LogP contribution < -0.4 is 5.56 Å². The Morgan fingerprint density at radius 2 is 1.22 bits per heavy atom. The van der Waals surface area contributed by atoms with Gasteiger partial charge in [0.15, 0.2) is 0 Å². The van der Waals surface area contributed by atoms with Crippen LogP contribution in [-0.2, 0) is 0 Å². The van der Waals surface area contributed by atoms with Crippen molar-refractivity contribution in [2.24, 2.45) is 0 Å². The Labute approximate surface area is 152 Å². The Bertz CT molecular complexity index is 950. The maximum absolute atomic E-state index is 12.1. The van der Waals surface area contributed by atoms with Crippen LogP contribution in [0.2, 0.25) is 20.1 Å². The van der Waals surface area contributed by atoms with Crippen LogP contribution in [-0.4, -0.2) is 4.98 Å². The summed E-state index contributed by atoms with van der Waals surface area (Å²) < 4.78 is 0. The highest BCUT2D eigenvalue weighted by molar-refractivity contribution is 6.42. The minimum Gasteiger partial charge on any atom is -0.328 e. The van der Waals surface area contributed by atoms with Crippen molar-refractivity contribution in [1.29, 1.82) is 0 Å². The summed E-state index contributed by atoms with van der Waals surface area (Å²) in [6.07, 6.45) is 1.63. The van der Waals surface area contributed by atoms with Gasteiger partial charge in [-0.2, -0.15) is 0 Å². The van der Waals surface area contributed by atoms with E-state index in [-0.39, 0.29) is 5.56 Å². The standard InChI is InChI=1S/C17H9Cl4NO/c18-13-3-1-9(6-15(13)20)11-5-12(17(23)22-8-11)10-2-4-14(19)16(21)7-10/h1-8H,(H,22,23). The van der Waals surface area contributed by atoms with E-state index in [9.17, 15) is 4.79 Å². The summed E-state index contributed by atoms with van der Waals surface area (Å²) in [5, 5.41) is 1.76. The van der Waals surface area contributed by atoms with E-state index >= 15 is 0 Å². The predicted molar refractivity (Wildman–Crippen MR) is 98.0 cm³/mol. The molecule has 0 aliphatic heterocycles. The second-order valence-corrected chi connectivity index (χ2v) is 6.52. The third kappa shape index (κ3) is 3.41. The van der Waals surface area contributed by atoms with Crippen molar-refractivity contribution in [2.45, 2.75) is 0 Å². The monoisotopic (exact) mass is 383 g/mol. The molecule has 6 heteroatoms. The third-order valence-electron chi connectivity index (χ3n) is 3.39. The molecule has 2 nitrogen and oxygen atoms in total. The lowest BCUT2D eigenvalue weighted by molar-refractivity contribution is 1.24. The van der Waals surface area contributed by atoms with Gasteiger partial charge in [0, 0.05) is 11.8 Å². The van der Waals surface area contributed by atoms with Crippen molar-refractivity contribution in [3.8, 4) is 22.3 Å². The van der Waals surface area contributed by atoms with E-state index in [1.54, 1.807) is 42.6 Å². The summed E-state index contributed by atoms with van der Waals surface area (Å²) in [6.45, 7) is 0. The number of rotatable bonds is 2. The molecule has 0 saturated carbocycles. The number of benzene rings is 2. The molecule has 0 amide bonds. The molecule has 0 saturated heterocycles. The quantitative estimate of drug-likeness (QED) is 0.550. The molecule has 3 aromatic rings. The number of hydrogen-bond acceptors (Lipinski definition) is 1. The van der Waals surface area contributed by atoms with Gasteiger partial charge in [-0.3, -0.25) is 4.79 Å². The number of hydrogen-bond donors (Lipinski definition) is 1. The number of aromatic amines is 1. The van der Waals surface area contributed by atoms with Crippen LogP contribution in [0.25, 0.3) is 22.3 Å². The van der Waals surface area contributed by atoms with Crippen molar-refractivity contribution < 1.29 is 0 Å². The van der Waals surface area contributed by atoms with Gasteiger partial charge in [0.05, 0.1) is 20.1 Å². The van der Waals surface area contributed by atoms with E-state index < -0.39 is 0 Å². The maximum Gasteiger partial charge on any atom is 0.255 e. The zero-order valence-corrected chi connectivity index (χ0v) is 14.6.